The van der Waals surface area contributed by atoms with Crippen LogP contribution in [0.4, 0.5) is 15.8 Å². The Kier molecular flexibility index (Phi) is 8.75. The number of aliphatic imine (C=N–C) groups is 1. The van der Waals surface area contributed by atoms with Crippen LogP contribution in [-0.4, -0.2) is 30.7 Å². The predicted molar refractivity (Wildman–Crippen MR) is 148 cm³/mol. The number of carbonyl (C=O) groups excluding carboxylic acids is 2. The number of halogens is 4. The maximum absolute atomic E-state index is 13.0. The summed E-state index contributed by atoms with van der Waals surface area (Å²) < 4.78 is 24.7. The van der Waals surface area contributed by atoms with Gasteiger partial charge in [-0.15, -0.1) is 0 Å². The summed E-state index contributed by atoms with van der Waals surface area (Å²) in [5.74, 6) is -0.492. The van der Waals surface area contributed by atoms with Crippen LogP contribution in [0.2, 0.25) is 10.0 Å². The summed E-state index contributed by atoms with van der Waals surface area (Å²) in [4.78, 5) is 29.5. The molecule has 1 aliphatic rings. The number of hydrogen-bond donors (Lipinski definition) is 2. The zero-order valence-electron chi connectivity index (χ0n) is 19.0. The number of amides is 2. The Labute approximate surface area is 234 Å². The Morgan fingerprint density at radius 2 is 1.95 bits per heavy atom. The van der Waals surface area contributed by atoms with E-state index in [0.29, 0.717) is 53.0 Å². The lowest BCUT2D eigenvalue weighted by Crippen LogP contribution is -2.20. The van der Waals surface area contributed by atoms with Gasteiger partial charge in [0.2, 0.25) is 0 Å². The normalized spacial score (nSPS) is 15.1. The number of nitrogens with one attached hydrogen (secondary N) is 2. The van der Waals surface area contributed by atoms with Crippen molar-refractivity contribution < 1.29 is 23.5 Å². The minimum atomic E-state index is -0.429. The quantitative estimate of drug-likeness (QED) is 0.282. The van der Waals surface area contributed by atoms with Crippen LogP contribution in [0, 0.1) is 5.82 Å². The molecule has 0 bridgehead atoms. The van der Waals surface area contributed by atoms with Crippen molar-refractivity contribution in [2.45, 2.75) is 0 Å². The molecule has 4 rings (SSSR count). The topological polar surface area (TPSA) is 89.0 Å². The molecule has 2 N–H and O–H groups in total. The van der Waals surface area contributed by atoms with Crippen molar-refractivity contribution in [1.29, 1.82) is 0 Å². The minimum absolute atomic E-state index is 0.290. The van der Waals surface area contributed by atoms with Crippen LogP contribution in [0.1, 0.15) is 5.56 Å². The van der Waals surface area contributed by atoms with Gasteiger partial charge in [0, 0.05) is 10.2 Å². The van der Waals surface area contributed by atoms with Crippen molar-refractivity contribution in [3.63, 3.8) is 0 Å². The number of rotatable bonds is 7. The number of nitrogens with zero attached hydrogens (tertiary/aromatic N) is 1. The van der Waals surface area contributed by atoms with Crippen LogP contribution in [0.3, 0.4) is 0 Å². The van der Waals surface area contributed by atoms with Gasteiger partial charge in [0.05, 0.1) is 27.7 Å². The van der Waals surface area contributed by atoms with Crippen molar-refractivity contribution in [2.75, 3.05) is 19.0 Å². The van der Waals surface area contributed by atoms with Crippen molar-refractivity contribution in [3.05, 3.63) is 85.4 Å². The van der Waals surface area contributed by atoms with Gasteiger partial charge in [-0.25, -0.2) is 9.38 Å². The molecule has 0 atom stereocenters. The molecule has 37 heavy (non-hydrogen) atoms. The highest BCUT2D eigenvalue weighted by molar-refractivity contribution is 9.10. The lowest BCUT2D eigenvalue weighted by Gasteiger charge is -2.13. The third-order valence-corrected chi connectivity index (χ3v) is 7.27. The zero-order chi connectivity index (χ0) is 26.5. The Morgan fingerprint density at radius 1 is 1.19 bits per heavy atom. The van der Waals surface area contributed by atoms with Crippen LogP contribution in [0.15, 0.2) is 69.0 Å². The molecule has 3 aromatic rings. The maximum atomic E-state index is 13.0. The Balaban J connectivity index is 1.48. The summed E-state index contributed by atoms with van der Waals surface area (Å²) in [5, 5.41) is 6.33. The summed E-state index contributed by atoms with van der Waals surface area (Å²) in [6.45, 7) is -0.301. The molecular weight excluding hydrogens is 608 g/mol. The number of ether oxygens (including phenoxy) is 2. The third kappa shape index (κ3) is 6.84. The molecule has 0 spiro atoms. The van der Waals surface area contributed by atoms with Crippen LogP contribution in [0.5, 0.6) is 11.5 Å². The highest BCUT2D eigenvalue weighted by Crippen LogP contribution is 2.38. The van der Waals surface area contributed by atoms with Gasteiger partial charge >= 0.3 is 0 Å². The fourth-order valence-corrected chi connectivity index (χ4v) is 4.72. The fourth-order valence-electron chi connectivity index (χ4n) is 3.12. The average molecular weight is 625 g/mol. The highest BCUT2D eigenvalue weighted by Gasteiger charge is 2.25. The zero-order valence-corrected chi connectivity index (χ0v) is 22.9. The smallest absolute Gasteiger partial charge is 0.264 e. The van der Waals surface area contributed by atoms with Gasteiger partial charge < -0.3 is 20.1 Å². The van der Waals surface area contributed by atoms with Gasteiger partial charge in [-0.2, -0.15) is 0 Å². The second-order valence-electron chi connectivity index (χ2n) is 7.42. The fraction of sp³-hybridized carbons (Fsp3) is 0.0800. The van der Waals surface area contributed by atoms with E-state index in [0.717, 1.165) is 11.8 Å². The van der Waals surface area contributed by atoms with E-state index in [-0.39, 0.29) is 12.5 Å². The van der Waals surface area contributed by atoms with Crippen LogP contribution in [-0.2, 0) is 9.59 Å². The molecule has 1 fully saturated rings. The van der Waals surface area contributed by atoms with E-state index in [1.165, 1.54) is 31.4 Å². The van der Waals surface area contributed by atoms with Crippen molar-refractivity contribution in [1.82, 2.24) is 5.32 Å². The molecule has 0 unspecified atom stereocenters. The van der Waals surface area contributed by atoms with Gasteiger partial charge in [-0.3, -0.25) is 9.59 Å². The molecule has 0 radical (unpaired) electrons. The largest absolute Gasteiger partial charge is 0.493 e. The Hall–Kier alpha value is -3.05. The van der Waals surface area contributed by atoms with Crippen molar-refractivity contribution >= 4 is 85.3 Å². The van der Waals surface area contributed by atoms with Crippen LogP contribution in [0.25, 0.3) is 6.08 Å². The van der Waals surface area contributed by atoms with E-state index in [2.05, 4.69) is 31.6 Å². The lowest BCUT2D eigenvalue weighted by molar-refractivity contribution is -0.118. The van der Waals surface area contributed by atoms with Crippen molar-refractivity contribution in [3.8, 4) is 11.5 Å². The number of hydrogen-bond acceptors (Lipinski definition) is 6. The standard InChI is InChI=1S/C25H17BrCl2FN3O4S/c1-35-19-9-13(10-21-24(34)32-25(37-21)31-18-4-2-3-17(27)23(18)28)16(26)11-20(19)36-12-22(33)30-15-7-5-14(29)6-8-15/h2-11H,12H2,1H3,(H,30,33)(H,31,32,34)/b21-10+. The highest BCUT2D eigenvalue weighted by atomic mass is 79.9. The number of thioether (sulfide) groups is 1. The summed E-state index contributed by atoms with van der Waals surface area (Å²) in [6.07, 6.45) is 1.67. The van der Waals surface area contributed by atoms with Crippen molar-refractivity contribution in [2.24, 2.45) is 4.99 Å². The first-order valence-electron chi connectivity index (χ1n) is 10.5. The summed E-state index contributed by atoms with van der Waals surface area (Å²) in [5.41, 5.74) is 1.52. The summed E-state index contributed by atoms with van der Waals surface area (Å²) in [7, 11) is 1.46. The second kappa shape index (κ2) is 12.0. The first kappa shape index (κ1) is 27.0. The number of methoxy groups -OCH3 is 1. The van der Waals surface area contributed by atoms with E-state index in [9.17, 15) is 14.0 Å². The molecule has 0 aromatic heterocycles. The van der Waals surface area contributed by atoms with Gasteiger partial charge in [0.25, 0.3) is 11.8 Å². The molecule has 1 aliphatic heterocycles. The Morgan fingerprint density at radius 3 is 2.68 bits per heavy atom. The Bertz CT molecular complexity index is 1430. The second-order valence-corrected chi connectivity index (χ2v) is 10.1. The van der Waals surface area contributed by atoms with Gasteiger partial charge in [-0.1, -0.05) is 45.2 Å². The van der Waals surface area contributed by atoms with E-state index >= 15 is 0 Å². The van der Waals surface area contributed by atoms with Crippen LogP contribution < -0.4 is 20.1 Å². The molecule has 1 heterocycles. The SMILES string of the molecule is COc1cc(/C=C2/SC(=Nc3cccc(Cl)c3Cl)NC2=O)c(Br)cc1OCC(=O)Nc1ccc(F)cc1. The third-order valence-electron chi connectivity index (χ3n) is 4.86. The predicted octanol–water partition coefficient (Wildman–Crippen LogP) is 6.81. The van der Waals surface area contributed by atoms with E-state index in [1.54, 1.807) is 36.4 Å². The van der Waals surface area contributed by atoms with E-state index < -0.39 is 11.7 Å². The number of amidine groups is 1. The molecule has 190 valence electrons. The van der Waals surface area contributed by atoms with E-state index in [1.807, 2.05) is 0 Å². The first-order valence-corrected chi connectivity index (χ1v) is 12.9. The maximum Gasteiger partial charge on any atom is 0.264 e. The minimum Gasteiger partial charge on any atom is -0.493 e. The lowest BCUT2D eigenvalue weighted by atomic mass is 10.2. The molecule has 12 heteroatoms. The number of benzene rings is 3. The first-order chi connectivity index (χ1) is 17.7. The molecule has 0 aliphatic carbocycles. The number of anilines is 1. The van der Waals surface area contributed by atoms with Crippen LogP contribution >= 0.6 is 50.9 Å². The average Bonchev–Trinajstić information content (AvgIpc) is 3.21. The summed E-state index contributed by atoms with van der Waals surface area (Å²) in [6, 6.07) is 13.7. The molecule has 7 nitrogen and oxygen atoms in total. The molecule has 2 amide bonds. The number of carbonyl (C=O) groups is 2. The summed E-state index contributed by atoms with van der Waals surface area (Å²) >= 11 is 16.8. The van der Waals surface area contributed by atoms with E-state index in [4.69, 9.17) is 32.7 Å². The molecule has 1 saturated heterocycles. The van der Waals surface area contributed by atoms with Gasteiger partial charge in [-0.05, 0) is 71.9 Å². The molecule has 3 aromatic carbocycles. The van der Waals surface area contributed by atoms with Gasteiger partial charge in [0.1, 0.15) is 5.82 Å². The van der Waals surface area contributed by atoms with Gasteiger partial charge in [0.15, 0.2) is 23.3 Å². The molecular formula is C25H17BrCl2FN3O4S. The molecule has 0 saturated carbocycles. The monoisotopic (exact) mass is 623 g/mol.